The van der Waals surface area contributed by atoms with E-state index in [-0.39, 0.29) is 17.3 Å². The highest BCUT2D eigenvalue weighted by atomic mass is 35.5. The Bertz CT molecular complexity index is 759. The number of halogens is 1. The maximum Gasteiger partial charge on any atom is 0.237 e. The Hall–Kier alpha value is -1.69. The Labute approximate surface area is 176 Å². The van der Waals surface area contributed by atoms with Gasteiger partial charge in [-0.3, -0.25) is 4.79 Å². The van der Waals surface area contributed by atoms with Crippen LogP contribution in [0.5, 0.6) is 5.75 Å². The Kier molecular flexibility index (Phi) is 7.65. The Morgan fingerprint density at radius 3 is 2.43 bits per heavy atom. The molecule has 0 bridgehead atoms. The highest BCUT2D eigenvalue weighted by Gasteiger charge is 2.19. The van der Waals surface area contributed by atoms with Crippen molar-refractivity contribution in [3.8, 4) is 5.75 Å². The predicted octanol–water partition coefficient (Wildman–Crippen LogP) is 5.32. The van der Waals surface area contributed by atoms with Crippen LogP contribution in [0.25, 0.3) is 0 Å². The summed E-state index contributed by atoms with van der Waals surface area (Å²) in [7, 11) is 2.14. The highest BCUT2D eigenvalue weighted by molar-refractivity contribution is 8.00. The highest BCUT2D eigenvalue weighted by Crippen LogP contribution is 2.28. The van der Waals surface area contributed by atoms with Crippen LogP contribution in [0.4, 0.5) is 5.69 Å². The van der Waals surface area contributed by atoms with Crippen LogP contribution in [0, 0.1) is 0 Å². The van der Waals surface area contributed by atoms with Crippen molar-refractivity contribution in [3.63, 3.8) is 0 Å². The van der Waals surface area contributed by atoms with Gasteiger partial charge in [0.2, 0.25) is 5.91 Å². The number of anilines is 1. The van der Waals surface area contributed by atoms with E-state index in [4.69, 9.17) is 16.3 Å². The summed E-state index contributed by atoms with van der Waals surface area (Å²) in [5.74, 6) is 0.863. The molecule has 1 saturated heterocycles. The molecule has 1 aliphatic rings. The molecule has 150 valence electrons. The number of rotatable bonds is 7. The zero-order chi connectivity index (χ0) is 19.9. The molecule has 4 nitrogen and oxygen atoms in total. The van der Waals surface area contributed by atoms with Gasteiger partial charge < -0.3 is 15.0 Å². The lowest BCUT2D eigenvalue weighted by atomic mass is 10.1. The SMILES string of the molecule is CCC(Sc1ccc(Cl)cc1)C(=O)Nc1ccc(OC2CCN(C)CC2)cc1. The molecule has 1 N–H and O–H groups in total. The van der Waals surface area contributed by atoms with E-state index in [0.717, 1.165) is 48.7 Å². The number of hydrogen-bond donors (Lipinski definition) is 1. The first-order valence-electron chi connectivity index (χ1n) is 9.72. The van der Waals surface area contributed by atoms with Gasteiger partial charge in [-0.2, -0.15) is 0 Å². The third kappa shape index (κ3) is 6.16. The van der Waals surface area contributed by atoms with Crippen molar-refractivity contribution < 1.29 is 9.53 Å². The number of carbonyl (C=O) groups is 1. The summed E-state index contributed by atoms with van der Waals surface area (Å²) in [6.45, 7) is 4.16. The second kappa shape index (κ2) is 10.2. The van der Waals surface area contributed by atoms with E-state index >= 15 is 0 Å². The fraction of sp³-hybridized carbons (Fsp3) is 0.409. The summed E-state index contributed by atoms with van der Waals surface area (Å²) < 4.78 is 6.07. The van der Waals surface area contributed by atoms with Gasteiger partial charge in [-0.15, -0.1) is 11.8 Å². The number of thioether (sulfide) groups is 1. The van der Waals surface area contributed by atoms with E-state index in [1.54, 1.807) is 11.8 Å². The number of benzene rings is 2. The third-order valence-electron chi connectivity index (χ3n) is 4.85. The molecular formula is C22H27ClN2O2S. The number of ether oxygens (including phenoxy) is 1. The number of piperidine rings is 1. The summed E-state index contributed by atoms with van der Waals surface area (Å²) in [5, 5.41) is 3.56. The Morgan fingerprint density at radius 1 is 1.18 bits per heavy atom. The quantitative estimate of drug-likeness (QED) is 0.617. The molecule has 0 saturated carbocycles. The summed E-state index contributed by atoms with van der Waals surface area (Å²) >= 11 is 7.48. The minimum Gasteiger partial charge on any atom is -0.490 e. The minimum absolute atomic E-state index is 0.00596. The molecule has 2 aromatic rings. The number of amides is 1. The zero-order valence-electron chi connectivity index (χ0n) is 16.4. The summed E-state index contributed by atoms with van der Waals surface area (Å²) in [4.78, 5) is 16.0. The average molecular weight is 419 g/mol. The summed E-state index contributed by atoms with van der Waals surface area (Å²) in [6, 6.07) is 15.2. The lowest BCUT2D eigenvalue weighted by Crippen LogP contribution is -2.35. The summed E-state index contributed by atoms with van der Waals surface area (Å²) in [5.41, 5.74) is 0.788. The van der Waals surface area contributed by atoms with Gasteiger partial charge in [0.05, 0.1) is 5.25 Å². The van der Waals surface area contributed by atoms with E-state index in [9.17, 15) is 4.79 Å². The third-order valence-corrected chi connectivity index (χ3v) is 6.47. The van der Waals surface area contributed by atoms with Gasteiger partial charge in [-0.05, 0) is 74.8 Å². The van der Waals surface area contributed by atoms with Crippen molar-refractivity contribution in [1.29, 1.82) is 0 Å². The topological polar surface area (TPSA) is 41.6 Å². The van der Waals surface area contributed by atoms with Crippen LogP contribution in [0.3, 0.4) is 0 Å². The van der Waals surface area contributed by atoms with Crippen molar-refractivity contribution in [2.45, 2.75) is 42.4 Å². The average Bonchev–Trinajstić information content (AvgIpc) is 2.70. The molecule has 0 aliphatic carbocycles. The van der Waals surface area contributed by atoms with Gasteiger partial charge in [-0.25, -0.2) is 0 Å². The number of hydrogen-bond acceptors (Lipinski definition) is 4. The molecule has 3 rings (SSSR count). The first kappa shape index (κ1) is 21.0. The fourth-order valence-corrected chi connectivity index (χ4v) is 4.21. The largest absolute Gasteiger partial charge is 0.490 e. The molecule has 1 aliphatic heterocycles. The fourth-order valence-electron chi connectivity index (χ4n) is 3.13. The molecule has 1 unspecified atom stereocenters. The summed E-state index contributed by atoms with van der Waals surface area (Å²) in [6.07, 6.45) is 3.12. The monoisotopic (exact) mass is 418 g/mol. The molecule has 1 heterocycles. The van der Waals surface area contributed by atoms with Crippen LogP contribution < -0.4 is 10.1 Å². The minimum atomic E-state index is -0.156. The smallest absolute Gasteiger partial charge is 0.237 e. The number of carbonyl (C=O) groups excluding carboxylic acids is 1. The number of nitrogens with zero attached hydrogens (tertiary/aromatic N) is 1. The lowest BCUT2D eigenvalue weighted by Gasteiger charge is -2.29. The van der Waals surface area contributed by atoms with Crippen LogP contribution in [-0.2, 0) is 4.79 Å². The molecule has 0 aromatic heterocycles. The van der Waals surface area contributed by atoms with Crippen LogP contribution in [-0.4, -0.2) is 42.3 Å². The van der Waals surface area contributed by atoms with E-state index in [1.807, 2.05) is 55.5 Å². The first-order chi connectivity index (χ1) is 13.5. The molecule has 28 heavy (non-hydrogen) atoms. The Morgan fingerprint density at radius 2 is 1.82 bits per heavy atom. The Balaban J connectivity index is 1.53. The second-order valence-corrected chi connectivity index (χ2v) is 8.82. The van der Waals surface area contributed by atoms with Gasteiger partial charge >= 0.3 is 0 Å². The lowest BCUT2D eigenvalue weighted by molar-refractivity contribution is -0.115. The van der Waals surface area contributed by atoms with Crippen LogP contribution in [0.1, 0.15) is 26.2 Å². The van der Waals surface area contributed by atoms with Gasteiger partial charge in [0.1, 0.15) is 11.9 Å². The van der Waals surface area contributed by atoms with E-state index in [2.05, 4.69) is 17.3 Å². The molecule has 0 radical (unpaired) electrons. The van der Waals surface area contributed by atoms with E-state index in [1.165, 1.54) is 0 Å². The zero-order valence-corrected chi connectivity index (χ0v) is 17.9. The van der Waals surface area contributed by atoms with Crippen molar-refractivity contribution in [1.82, 2.24) is 4.90 Å². The number of nitrogens with one attached hydrogen (secondary N) is 1. The van der Waals surface area contributed by atoms with Crippen molar-refractivity contribution in [2.75, 3.05) is 25.5 Å². The van der Waals surface area contributed by atoms with E-state index in [0.29, 0.717) is 5.02 Å². The molecule has 2 aromatic carbocycles. The van der Waals surface area contributed by atoms with Gasteiger partial charge in [0.15, 0.2) is 0 Å². The molecular weight excluding hydrogens is 392 g/mol. The van der Waals surface area contributed by atoms with E-state index < -0.39 is 0 Å². The van der Waals surface area contributed by atoms with Gasteiger partial charge in [0, 0.05) is 28.7 Å². The molecule has 0 spiro atoms. The van der Waals surface area contributed by atoms with Crippen LogP contribution in [0.2, 0.25) is 5.02 Å². The second-order valence-electron chi connectivity index (χ2n) is 7.10. The molecule has 1 amide bonds. The van der Waals surface area contributed by atoms with Crippen LogP contribution in [0.15, 0.2) is 53.4 Å². The molecule has 6 heteroatoms. The van der Waals surface area contributed by atoms with Crippen molar-refractivity contribution in [3.05, 3.63) is 53.6 Å². The standard InChI is InChI=1S/C22H27ClN2O2S/c1-3-21(28-20-10-4-16(23)5-11-20)22(26)24-17-6-8-18(9-7-17)27-19-12-14-25(2)15-13-19/h4-11,19,21H,3,12-15H2,1-2H3,(H,24,26). The maximum absolute atomic E-state index is 12.7. The normalized spacial score (nSPS) is 16.5. The molecule has 1 atom stereocenters. The van der Waals surface area contributed by atoms with Crippen molar-refractivity contribution in [2.24, 2.45) is 0 Å². The van der Waals surface area contributed by atoms with Crippen molar-refractivity contribution >= 4 is 35.0 Å². The van der Waals surface area contributed by atoms with Gasteiger partial charge in [0.25, 0.3) is 0 Å². The maximum atomic E-state index is 12.7. The van der Waals surface area contributed by atoms with Crippen LogP contribution >= 0.6 is 23.4 Å². The molecule has 1 fully saturated rings. The van der Waals surface area contributed by atoms with Gasteiger partial charge in [-0.1, -0.05) is 18.5 Å². The number of likely N-dealkylation sites (tertiary alicyclic amines) is 1. The predicted molar refractivity (Wildman–Crippen MR) is 118 cm³/mol. The first-order valence-corrected chi connectivity index (χ1v) is 11.0.